The van der Waals surface area contributed by atoms with Crippen molar-refractivity contribution in [3.8, 4) is 0 Å². The molecular weight excluding hydrogens is 312 g/mol. The molecule has 21 heavy (non-hydrogen) atoms. The van der Waals surface area contributed by atoms with Gasteiger partial charge in [0.05, 0.1) is 5.69 Å². The third-order valence-corrected chi connectivity index (χ3v) is 4.66. The number of aryl methyl sites for hydroxylation is 2. The molecule has 0 saturated heterocycles. The summed E-state index contributed by atoms with van der Waals surface area (Å²) in [4.78, 5) is 0. The first-order valence-corrected chi connectivity index (χ1v) is 8.18. The zero-order chi connectivity index (χ0) is 15.6. The monoisotopic (exact) mass is 328 g/mol. The summed E-state index contributed by atoms with van der Waals surface area (Å²) in [5.41, 5.74) is 2.56. The lowest BCUT2D eigenvalue weighted by Crippen LogP contribution is -2.18. The Morgan fingerprint density at radius 1 is 1.33 bits per heavy atom. The molecule has 6 nitrogen and oxygen atoms in total. The van der Waals surface area contributed by atoms with Gasteiger partial charge in [0.1, 0.15) is 0 Å². The van der Waals surface area contributed by atoms with E-state index in [1.54, 1.807) is 39.1 Å². The summed E-state index contributed by atoms with van der Waals surface area (Å²) >= 11 is 5.91. The van der Waals surface area contributed by atoms with Gasteiger partial charge in [-0.15, -0.1) is 0 Å². The fourth-order valence-corrected chi connectivity index (χ4v) is 3.43. The van der Waals surface area contributed by atoms with Crippen LogP contribution in [-0.2, 0) is 16.6 Å². The highest BCUT2D eigenvalue weighted by Gasteiger charge is 2.24. The van der Waals surface area contributed by atoms with E-state index in [0.717, 1.165) is 5.56 Å². The average molecular weight is 329 g/mol. The summed E-state index contributed by atoms with van der Waals surface area (Å²) < 4.78 is 27.6. The van der Waals surface area contributed by atoms with Crippen LogP contribution in [0.25, 0.3) is 0 Å². The van der Waals surface area contributed by atoms with Crippen molar-refractivity contribution >= 4 is 27.3 Å². The van der Waals surface area contributed by atoms with Gasteiger partial charge in [0.2, 0.25) is 5.03 Å². The van der Waals surface area contributed by atoms with Gasteiger partial charge in [0.25, 0.3) is 10.0 Å². The van der Waals surface area contributed by atoms with Gasteiger partial charge in [0.15, 0.2) is 0 Å². The molecule has 3 N–H and O–H groups in total. The Hall–Kier alpha value is -1.57. The van der Waals surface area contributed by atoms with Crippen LogP contribution in [0.4, 0.5) is 5.69 Å². The number of benzene rings is 1. The van der Waals surface area contributed by atoms with Crippen molar-refractivity contribution in [2.75, 3.05) is 11.8 Å². The molecule has 0 aliphatic heterocycles. The maximum atomic E-state index is 12.5. The van der Waals surface area contributed by atoms with Gasteiger partial charge in [-0.05, 0) is 38.6 Å². The van der Waals surface area contributed by atoms with Gasteiger partial charge < -0.3 is 5.32 Å². The summed E-state index contributed by atoms with van der Waals surface area (Å²) in [6.45, 7) is 3.99. The minimum absolute atomic E-state index is 0.00581. The van der Waals surface area contributed by atoms with Crippen LogP contribution in [0.2, 0.25) is 5.02 Å². The molecule has 114 valence electrons. The number of anilines is 1. The van der Waals surface area contributed by atoms with Gasteiger partial charge in [-0.25, -0.2) is 0 Å². The quantitative estimate of drug-likeness (QED) is 0.785. The molecule has 0 radical (unpaired) electrons. The number of hydrogen-bond donors (Lipinski definition) is 3. The van der Waals surface area contributed by atoms with Crippen LogP contribution in [0.1, 0.15) is 16.8 Å². The predicted molar refractivity (Wildman–Crippen MR) is 83.1 cm³/mol. The van der Waals surface area contributed by atoms with E-state index in [1.165, 1.54) is 0 Å². The number of aromatic nitrogens is 2. The van der Waals surface area contributed by atoms with E-state index in [9.17, 15) is 8.42 Å². The van der Waals surface area contributed by atoms with E-state index in [1.807, 2.05) is 0 Å². The van der Waals surface area contributed by atoms with E-state index < -0.39 is 10.0 Å². The first-order valence-electron chi connectivity index (χ1n) is 6.32. The second-order valence-electron chi connectivity index (χ2n) is 4.73. The van der Waals surface area contributed by atoms with Crippen molar-refractivity contribution in [3.05, 3.63) is 40.0 Å². The minimum Gasteiger partial charge on any atom is -0.316 e. The maximum Gasteiger partial charge on any atom is 0.281 e. The molecule has 0 bridgehead atoms. The average Bonchev–Trinajstić information content (AvgIpc) is 2.77. The Morgan fingerprint density at radius 3 is 2.71 bits per heavy atom. The topological polar surface area (TPSA) is 86.9 Å². The molecule has 2 aromatic rings. The van der Waals surface area contributed by atoms with Gasteiger partial charge in [-0.2, -0.15) is 13.5 Å². The second-order valence-corrected chi connectivity index (χ2v) is 6.76. The fourth-order valence-electron chi connectivity index (χ4n) is 1.93. The first kappa shape index (κ1) is 15.8. The van der Waals surface area contributed by atoms with E-state index in [-0.39, 0.29) is 5.03 Å². The zero-order valence-electron chi connectivity index (χ0n) is 12.0. The smallest absolute Gasteiger partial charge is 0.281 e. The molecule has 0 aliphatic rings. The van der Waals surface area contributed by atoms with E-state index >= 15 is 0 Å². The number of rotatable bonds is 5. The van der Waals surface area contributed by atoms with Gasteiger partial charge in [-0.3, -0.25) is 9.82 Å². The lowest BCUT2D eigenvalue weighted by Gasteiger charge is -2.10. The number of nitrogens with zero attached hydrogens (tertiary/aromatic N) is 1. The molecule has 0 unspecified atom stereocenters. The maximum absolute atomic E-state index is 12.5. The normalized spacial score (nSPS) is 11.6. The number of H-pyrrole nitrogens is 1. The van der Waals surface area contributed by atoms with Crippen LogP contribution in [0.3, 0.4) is 0 Å². The van der Waals surface area contributed by atoms with Crippen LogP contribution in [0.15, 0.2) is 23.2 Å². The Labute approximate surface area is 129 Å². The fraction of sp³-hybridized carbons (Fsp3) is 0.308. The third kappa shape index (κ3) is 3.37. The van der Waals surface area contributed by atoms with Crippen LogP contribution in [0, 0.1) is 13.8 Å². The van der Waals surface area contributed by atoms with Crippen molar-refractivity contribution in [1.82, 2.24) is 15.5 Å². The summed E-state index contributed by atoms with van der Waals surface area (Å²) in [5, 5.41) is 10.0. The Kier molecular flexibility index (Phi) is 4.55. The Morgan fingerprint density at radius 2 is 2.05 bits per heavy atom. The van der Waals surface area contributed by atoms with Crippen LogP contribution in [-0.4, -0.2) is 25.7 Å². The lowest BCUT2D eigenvalue weighted by molar-refractivity contribution is 0.595. The Bertz CT molecular complexity index is 756. The molecule has 0 saturated carbocycles. The van der Waals surface area contributed by atoms with Crippen LogP contribution < -0.4 is 10.0 Å². The van der Waals surface area contributed by atoms with Crippen LogP contribution >= 0.6 is 11.6 Å². The van der Waals surface area contributed by atoms with Crippen molar-refractivity contribution in [3.63, 3.8) is 0 Å². The van der Waals surface area contributed by atoms with Crippen LogP contribution in [0.5, 0.6) is 0 Å². The molecule has 1 heterocycles. The summed E-state index contributed by atoms with van der Waals surface area (Å²) in [6.07, 6.45) is 0. The van der Waals surface area contributed by atoms with Crippen molar-refractivity contribution in [2.24, 2.45) is 0 Å². The largest absolute Gasteiger partial charge is 0.316 e. The van der Waals surface area contributed by atoms with Crippen molar-refractivity contribution in [2.45, 2.75) is 25.4 Å². The minimum atomic E-state index is -3.78. The number of nitrogens with one attached hydrogen (secondary N) is 3. The molecule has 0 amide bonds. The van der Waals surface area contributed by atoms with E-state index in [4.69, 9.17) is 11.6 Å². The van der Waals surface area contributed by atoms with Crippen molar-refractivity contribution < 1.29 is 8.42 Å². The second kappa shape index (κ2) is 6.05. The molecule has 1 aromatic heterocycles. The van der Waals surface area contributed by atoms with Gasteiger partial charge in [0, 0.05) is 22.8 Å². The molecule has 0 spiro atoms. The molecule has 0 aliphatic carbocycles. The highest BCUT2D eigenvalue weighted by Crippen LogP contribution is 2.24. The highest BCUT2D eigenvalue weighted by molar-refractivity contribution is 7.92. The number of sulfonamides is 1. The number of aromatic amines is 1. The number of halogens is 1. The summed E-state index contributed by atoms with van der Waals surface area (Å²) in [6, 6.07) is 5.04. The first-order chi connectivity index (χ1) is 9.85. The molecule has 0 fully saturated rings. The lowest BCUT2D eigenvalue weighted by atomic mass is 10.2. The Balaban J connectivity index is 2.41. The van der Waals surface area contributed by atoms with E-state index in [2.05, 4.69) is 20.2 Å². The van der Waals surface area contributed by atoms with Crippen molar-refractivity contribution in [1.29, 1.82) is 0 Å². The van der Waals surface area contributed by atoms with E-state index in [0.29, 0.717) is 28.5 Å². The van der Waals surface area contributed by atoms with Gasteiger partial charge >= 0.3 is 0 Å². The number of hydrogen-bond acceptors (Lipinski definition) is 4. The standard InChI is InChI=1S/C13H17ClN4O2S/c1-8-4-5-10(14)6-12(8)18-21(19,20)13-11(7-15-3)9(2)16-17-13/h4-6,15,18H,7H2,1-3H3,(H,16,17). The SMILES string of the molecule is CNCc1c(S(=O)(=O)Nc2cc(Cl)ccc2C)n[nH]c1C. The highest BCUT2D eigenvalue weighted by atomic mass is 35.5. The molecule has 8 heteroatoms. The third-order valence-electron chi connectivity index (χ3n) is 3.09. The zero-order valence-corrected chi connectivity index (χ0v) is 13.6. The molecule has 0 atom stereocenters. The molecule has 2 rings (SSSR count). The molecular formula is C13H17ClN4O2S. The molecule has 1 aromatic carbocycles. The predicted octanol–water partition coefficient (Wildman–Crippen LogP) is 2.20. The summed E-state index contributed by atoms with van der Waals surface area (Å²) in [7, 11) is -2.03. The van der Waals surface area contributed by atoms with Gasteiger partial charge in [-0.1, -0.05) is 17.7 Å². The summed E-state index contributed by atoms with van der Waals surface area (Å²) in [5.74, 6) is 0.